The Morgan fingerprint density at radius 1 is 1.12 bits per heavy atom. The molecule has 2 aromatic rings. The molecule has 90 valence electrons. The van der Waals surface area contributed by atoms with Gasteiger partial charge in [-0.3, -0.25) is 0 Å². The summed E-state index contributed by atoms with van der Waals surface area (Å²) in [6, 6.07) is 3.32. The average Bonchev–Trinajstić information content (AvgIpc) is 2.68. The van der Waals surface area contributed by atoms with E-state index < -0.39 is 17.5 Å². The van der Waals surface area contributed by atoms with Gasteiger partial charge in [-0.2, -0.15) is 0 Å². The van der Waals surface area contributed by atoms with Crippen LogP contribution >= 0.6 is 11.3 Å². The summed E-state index contributed by atoms with van der Waals surface area (Å²) in [5.74, 6) is -3.03. The van der Waals surface area contributed by atoms with Gasteiger partial charge in [0.25, 0.3) is 0 Å². The number of halogens is 3. The van der Waals surface area contributed by atoms with Gasteiger partial charge >= 0.3 is 0 Å². The van der Waals surface area contributed by atoms with Gasteiger partial charge in [-0.1, -0.05) is 0 Å². The molecule has 0 fully saturated rings. The molecule has 0 aliphatic heterocycles. The fraction of sp³-hybridized carbons (Fsp3) is 0.167. The summed E-state index contributed by atoms with van der Waals surface area (Å²) >= 11 is 1.53. The summed E-state index contributed by atoms with van der Waals surface area (Å²) in [7, 11) is 0. The van der Waals surface area contributed by atoms with Crippen molar-refractivity contribution in [1.82, 2.24) is 0 Å². The average molecular weight is 257 g/mol. The van der Waals surface area contributed by atoms with Gasteiger partial charge in [-0.15, -0.1) is 11.3 Å². The van der Waals surface area contributed by atoms with E-state index in [2.05, 4.69) is 5.32 Å². The van der Waals surface area contributed by atoms with Gasteiger partial charge in [0, 0.05) is 23.6 Å². The molecule has 1 nitrogen and oxygen atoms in total. The summed E-state index contributed by atoms with van der Waals surface area (Å²) in [6.45, 7) is 2.33. The molecule has 2 rings (SSSR count). The maximum Gasteiger partial charge on any atom is 0.161 e. The Labute approximate surface area is 101 Å². The lowest BCUT2D eigenvalue weighted by molar-refractivity contribution is 0.496. The zero-order valence-electron chi connectivity index (χ0n) is 9.06. The van der Waals surface area contributed by atoms with Gasteiger partial charge in [-0.05, 0) is 23.9 Å². The van der Waals surface area contributed by atoms with Gasteiger partial charge in [0.15, 0.2) is 11.6 Å². The minimum absolute atomic E-state index is 0.0308. The Kier molecular flexibility index (Phi) is 3.38. The lowest BCUT2D eigenvalue weighted by atomic mass is 10.2. The Morgan fingerprint density at radius 3 is 2.47 bits per heavy atom. The zero-order valence-corrected chi connectivity index (χ0v) is 9.88. The molecule has 5 heteroatoms. The first-order valence-corrected chi connectivity index (χ1v) is 5.87. The second kappa shape index (κ2) is 4.79. The van der Waals surface area contributed by atoms with Crippen LogP contribution in [0.1, 0.15) is 10.4 Å². The molecule has 0 spiro atoms. The highest BCUT2D eigenvalue weighted by molar-refractivity contribution is 7.10. The molecule has 1 aromatic carbocycles. The quantitative estimate of drug-likeness (QED) is 0.817. The van der Waals surface area contributed by atoms with E-state index in [1.165, 1.54) is 11.3 Å². The SMILES string of the molecule is Cc1ccsc1CNc1cc(F)c(F)cc1F. The van der Waals surface area contributed by atoms with Crippen molar-refractivity contribution in [3.8, 4) is 0 Å². The van der Waals surface area contributed by atoms with Crippen LogP contribution in [0, 0.1) is 24.4 Å². The number of rotatable bonds is 3. The third-order valence-electron chi connectivity index (χ3n) is 2.42. The number of hydrogen-bond acceptors (Lipinski definition) is 2. The van der Waals surface area contributed by atoms with Crippen LogP contribution in [0.25, 0.3) is 0 Å². The largest absolute Gasteiger partial charge is 0.378 e. The van der Waals surface area contributed by atoms with Crippen molar-refractivity contribution in [1.29, 1.82) is 0 Å². The summed E-state index contributed by atoms with van der Waals surface area (Å²) in [5.41, 5.74) is 1.06. The molecule has 0 bridgehead atoms. The Balaban J connectivity index is 2.14. The van der Waals surface area contributed by atoms with Crippen LogP contribution in [0.4, 0.5) is 18.9 Å². The molecule has 1 heterocycles. The van der Waals surface area contributed by atoms with Crippen molar-refractivity contribution in [3.63, 3.8) is 0 Å². The molecule has 0 atom stereocenters. The molecule has 0 saturated heterocycles. The third-order valence-corrected chi connectivity index (χ3v) is 3.44. The summed E-state index contributed by atoms with van der Waals surface area (Å²) < 4.78 is 38.9. The van der Waals surface area contributed by atoms with Gasteiger partial charge < -0.3 is 5.32 Å². The lowest BCUT2D eigenvalue weighted by Crippen LogP contribution is -2.02. The Morgan fingerprint density at radius 2 is 1.82 bits per heavy atom. The van der Waals surface area contributed by atoms with Crippen molar-refractivity contribution in [2.24, 2.45) is 0 Å². The van der Waals surface area contributed by atoms with Crippen LogP contribution in [0.3, 0.4) is 0 Å². The third kappa shape index (κ3) is 2.61. The molecular formula is C12H10F3NS. The minimum Gasteiger partial charge on any atom is -0.378 e. The van der Waals surface area contributed by atoms with E-state index in [4.69, 9.17) is 0 Å². The Hall–Kier alpha value is -1.49. The van der Waals surface area contributed by atoms with Crippen molar-refractivity contribution in [2.45, 2.75) is 13.5 Å². The second-order valence-electron chi connectivity index (χ2n) is 3.63. The first-order valence-electron chi connectivity index (χ1n) is 4.99. The molecule has 0 amide bonds. The van der Waals surface area contributed by atoms with Gasteiger partial charge in [-0.25, -0.2) is 13.2 Å². The molecular weight excluding hydrogens is 247 g/mol. The van der Waals surface area contributed by atoms with Crippen molar-refractivity contribution >= 4 is 17.0 Å². The maximum absolute atomic E-state index is 13.3. The molecule has 0 aliphatic carbocycles. The summed E-state index contributed by atoms with van der Waals surface area (Å²) in [5, 5.41) is 4.68. The molecule has 0 radical (unpaired) electrons. The maximum atomic E-state index is 13.3. The fourth-order valence-corrected chi connectivity index (χ4v) is 2.26. The topological polar surface area (TPSA) is 12.0 Å². The van der Waals surface area contributed by atoms with Crippen LogP contribution in [-0.2, 0) is 6.54 Å². The zero-order chi connectivity index (χ0) is 12.4. The van der Waals surface area contributed by atoms with E-state index >= 15 is 0 Å². The van der Waals surface area contributed by atoms with E-state index in [0.717, 1.165) is 16.5 Å². The number of benzene rings is 1. The van der Waals surface area contributed by atoms with Gasteiger partial charge in [0.05, 0.1) is 5.69 Å². The van der Waals surface area contributed by atoms with E-state index in [1.54, 1.807) is 0 Å². The number of aryl methyl sites for hydroxylation is 1. The molecule has 0 saturated carbocycles. The normalized spacial score (nSPS) is 10.6. The standard InChI is InChI=1S/C12H10F3NS/c1-7-2-3-17-12(7)6-16-11-5-9(14)8(13)4-10(11)15/h2-5,16H,6H2,1H3. The molecule has 1 N–H and O–H groups in total. The smallest absolute Gasteiger partial charge is 0.161 e. The van der Waals surface area contributed by atoms with E-state index in [1.807, 2.05) is 18.4 Å². The van der Waals surface area contributed by atoms with Crippen molar-refractivity contribution in [3.05, 3.63) is 51.5 Å². The molecule has 0 aliphatic rings. The summed E-state index contributed by atoms with van der Waals surface area (Å²) in [4.78, 5) is 1.04. The highest BCUT2D eigenvalue weighted by atomic mass is 32.1. The first-order chi connectivity index (χ1) is 8.08. The van der Waals surface area contributed by atoms with E-state index in [-0.39, 0.29) is 5.69 Å². The second-order valence-corrected chi connectivity index (χ2v) is 4.63. The van der Waals surface area contributed by atoms with Crippen LogP contribution in [-0.4, -0.2) is 0 Å². The number of thiophene rings is 1. The van der Waals surface area contributed by atoms with Crippen LogP contribution in [0.15, 0.2) is 23.6 Å². The van der Waals surface area contributed by atoms with Crippen molar-refractivity contribution < 1.29 is 13.2 Å². The van der Waals surface area contributed by atoms with Gasteiger partial charge in [0.2, 0.25) is 0 Å². The summed E-state index contributed by atoms with van der Waals surface area (Å²) in [6.07, 6.45) is 0. The number of nitrogens with one attached hydrogen (secondary N) is 1. The Bertz CT molecular complexity index is 537. The number of hydrogen-bond donors (Lipinski definition) is 1. The van der Waals surface area contributed by atoms with Gasteiger partial charge in [0.1, 0.15) is 5.82 Å². The predicted octanol–water partition coefficient (Wildman–Crippen LogP) is 4.09. The highest BCUT2D eigenvalue weighted by Gasteiger charge is 2.09. The van der Waals surface area contributed by atoms with Crippen LogP contribution in [0.5, 0.6) is 0 Å². The lowest BCUT2D eigenvalue weighted by Gasteiger charge is -2.07. The van der Waals surface area contributed by atoms with E-state index in [0.29, 0.717) is 12.6 Å². The molecule has 0 unspecified atom stereocenters. The van der Waals surface area contributed by atoms with Crippen molar-refractivity contribution in [2.75, 3.05) is 5.32 Å². The predicted molar refractivity (Wildman–Crippen MR) is 62.7 cm³/mol. The monoisotopic (exact) mass is 257 g/mol. The van der Waals surface area contributed by atoms with E-state index in [9.17, 15) is 13.2 Å². The minimum atomic E-state index is -1.18. The highest BCUT2D eigenvalue weighted by Crippen LogP contribution is 2.21. The first kappa shape index (κ1) is 12.0. The molecule has 1 aromatic heterocycles. The molecule has 17 heavy (non-hydrogen) atoms. The van der Waals surface area contributed by atoms with Crippen LogP contribution < -0.4 is 5.32 Å². The van der Waals surface area contributed by atoms with Crippen LogP contribution in [0.2, 0.25) is 0 Å². The number of anilines is 1. The fourth-order valence-electron chi connectivity index (χ4n) is 1.42.